The van der Waals surface area contributed by atoms with Crippen molar-refractivity contribution < 1.29 is 14.4 Å². The van der Waals surface area contributed by atoms with Gasteiger partial charge in [0.1, 0.15) is 0 Å². The smallest absolute Gasteiger partial charge is 0.233 e. The maximum Gasteiger partial charge on any atom is 0.233 e. The second kappa shape index (κ2) is 7.69. The predicted molar refractivity (Wildman–Crippen MR) is 115 cm³/mol. The zero-order chi connectivity index (χ0) is 21.0. The van der Waals surface area contributed by atoms with Crippen molar-refractivity contribution in [1.82, 2.24) is 4.90 Å². The maximum absolute atomic E-state index is 12.9. The molecule has 30 heavy (non-hydrogen) atoms. The van der Waals surface area contributed by atoms with Gasteiger partial charge in [-0.15, -0.1) is 0 Å². The number of benzene rings is 1. The molecule has 3 amide bonds. The van der Waals surface area contributed by atoms with E-state index in [4.69, 9.17) is 23.2 Å². The molecule has 0 radical (unpaired) electrons. The van der Waals surface area contributed by atoms with E-state index in [0.717, 1.165) is 12.8 Å². The van der Waals surface area contributed by atoms with Crippen LogP contribution in [-0.2, 0) is 14.4 Å². The average molecular weight is 447 g/mol. The normalized spacial score (nSPS) is 32.9. The number of anilines is 1. The van der Waals surface area contributed by atoms with E-state index in [-0.39, 0.29) is 41.4 Å². The number of carbonyl (C=O) groups is 3. The Morgan fingerprint density at radius 2 is 1.67 bits per heavy atom. The molecule has 5 nitrogen and oxygen atoms in total. The van der Waals surface area contributed by atoms with Gasteiger partial charge in [0.15, 0.2) is 0 Å². The highest BCUT2D eigenvalue weighted by Gasteiger charge is 2.66. The van der Waals surface area contributed by atoms with Crippen LogP contribution in [0.15, 0.2) is 30.4 Å². The Kier molecular flexibility index (Phi) is 5.14. The minimum Gasteiger partial charge on any atom is -0.325 e. The quantitative estimate of drug-likeness (QED) is 0.379. The molecule has 1 aromatic carbocycles. The molecule has 2 bridgehead atoms. The standard InChI is InChI=1S/C23H24Cl2N2O3/c24-12-5-8-18(17(25)10-12)26-19(28)4-2-1-3-9-27-22(29)20-13-6-7-14(16-11-15(13)16)21(20)23(27)30/h5-8,10,13-16,20-21H,1-4,9,11H2,(H,26,28)/t13-,14+,15-,16-,20+,21+/m1/s1. The van der Waals surface area contributed by atoms with Crippen LogP contribution >= 0.6 is 23.2 Å². The van der Waals surface area contributed by atoms with Crippen molar-refractivity contribution in [1.29, 1.82) is 0 Å². The van der Waals surface area contributed by atoms with Gasteiger partial charge in [-0.3, -0.25) is 19.3 Å². The lowest BCUT2D eigenvalue weighted by Gasteiger charge is -2.37. The van der Waals surface area contributed by atoms with Gasteiger partial charge in [-0.2, -0.15) is 0 Å². The lowest BCUT2D eigenvalue weighted by molar-refractivity contribution is -0.140. The van der Waals surface area contributed by atoms with Crippen LogP contribution < -0.4 is 5.32 Å². The van der Waals surface area contributed by atoms with Crippen molar-refractivity contribution in [2.45, 2.75) is 32.1 Å². The van der Waals surface area contributed by atoms with Gasteiger partial charge in [0.2, 0.25) is 17.7 Å². The van der Waals surface area contributed by atoms with Crippen LogP contribution in [0, 0.1) is 35.5 Å². The van der Waals surface area contributed by atoms with E-state index in [1.165, 1.54) is 11.3 Å². The minimum absolute atomic E-state index is 0.0322. The number of allylic oxidation sites excluding steroid dienone is 2. The van der Waals surface area contributed by atoms with Gasteiger partial charge in [0.05, 0.1) is 22.5 Å². The molecule has 0 spiro atoms. The van der Waals surface area contributed by atoms with Crippen molar-refractivity contribution in [2.75, 3.05) is 11.9 Å². The maximum atomic E-state index is 12.9. The van der Waals surface area contributed by atoms with Gasteiger partial charge < -0.3 is 5.32 Å². The molecule has 4 aliphatic carbocycles. The molecule has 3 fully saturated rings. The summed E-state index contributed by atoms with van der Waals surface area (Å²) < 4.78 is 0. The van der Waals surface area contributed by atoms with Crippen LogP contribution in [0.5, 0.6) is 0 Å². The van der Waals surface area contributed by atoms with Gasteiger partial charge in [0, 0.05) is 18.0 Å². The fourth-order valence-electron chi connectivity index (χ4n) is 5.77. The molecule has 0 unspecified atom stereocenters. The number of imide groups is 1. The van der Waals surface area contributed by atoms with Gasteiger partial charge in [-0.25, -0.2) is 0 Å². The van der Waals surface area contributed by atoms with Gasteiger partial charge in [-0.05, 0) is 61.1 Å². The summed E-state index contributed by atoms with van der Waals surface area (Å²) in [7, 11) is 0. The molecule has 2 saturated carbocycles. The molecule has 5 aliphatic rings. The van der Waals surface area contributed by atoms with E-state index in [2.05, 4.69) is 17.5 Å². The largest absolute Gasteiger partial charge is 0.325 e. The second-order valence-electron chi connectivity index (χ2n) is 8.97. The summed E-state index contributed by atoms with van der Waals surface area (Å²) in [6.45, 7) is 0.462. The van der Waals surface area contributed by atoms with Crippen molar-refractivity contribution in [3.63, 3.8) is 0 Å². The van der Waals surface area contributed by atoms with Crippen LogP contribution in [0.1, 0.15) is 32.1 Å². The lowest BCUT2D eigenvalue weighted by Crippen LogP contribution is -2.40. The number of halogens is 2. The van der Waals surface area contributed by atoms with Crippen molar-refractivity contribution in [2.24, 2.45) is 35.5 Å². The first-order valence-electron chi connectivity index (χ1n) is 10.7. The van der Waals surface area contributed by atoms with E-state index in [1.807, 2.05) is 0 Å². The SMILES string of the molecule is O=C(CCCCCN1C(=O)[C@H]2[C@@H]3C=C[C@@H]([C@H]4C[C@H]34)[C@@H]2C1=O)Nc1ccc(Cl)cc1Cl. The molecule has 1 N–H and O–H groups in total. The number of rotatable bonds is 7. The first kappa shape index (κ1) is 20.1. The van der Waals surface area contributed by atoms with Crippen molar-refractivity contribution in [3.8, 4) is 0 Å². The zero-order valence-corrected chi connectivity index (χ0v) is 18.0. The fourth-order valence-corrected chi connectivity index (χ4v) is 6.23. The van der Waals surface area contributed by atoms with Crippen molar-refractivity contribution in [3.05, 3.63) is 40.4 Å². The van der Waals surface area contributed by atoms with E-state index >= 15 is 0 Å². The monoisotopic (exact) mass is 446 g/mol. The van der Waals surface area contributed by atoms with Crippen LogP contribution in [0.25, 0.3) is 0 Å². The molecule has 7 heteroatoms. The fraction of sp³-hybridized carbons (Fsp3) is 0.522. The van der Waals surface area contributed by atoms with Crippen LogP contribution in [0.4, 0.5) is 5.69 Å². The summed E-state index contributed by atoms with van der Waals surface area (Å²) in [5.74, 6) is 1.52. The van der Waals surface area contributed by atoms with Crippen LogP contribution in [0.2, 0.25) is 10.0 Å². The number of hydrogen-bond acceptors (Lipinski definition) is 3. The Morgan fingerprint density at radius 3 is 2.30 bits per heavy atom. The number of amides is 3. The molecular weight excluding hydrogens is 423 g/mol. The molecule has 0 aromatic heterocycles. The highest BCUT2D eigenvalue weighted by atomic mass is 35.5. The highest BCUT2D eigenvalue weighted by molar-refractivity contribution is 6.36. The van der Waals surface area contributed by atoms with Gasteiger partial charge in [0.25, 0.3) is 0 Å². The number of likely N-dealkylation sites (tertiary alicyclic amines) is 1. The summed E-state index contributed by atoms with van der Waals surface area (Å²) in [6.07, 6.45) is 8.13. The van der Waals surface area contributed by atoms with E-state index < -0.39 is 0 Å². The molecule has 158 valence electrons. The van der Waals surface area contributed by atoms with E-state index in [9.17, 15) is 14.4 Å². The third-order valence-corrected chi connectivity index (χ3v) is 7.79. The molecular formula is C23H24Cl2N2O3. The first-order valence-corrected chi connectivity index (χ1v) is 11.5. The minimum atomic E-state index is -0.119. The average Bonchev–Trinajstić information content (AvgIpc) is 3.50. The predicted octanol–water partition coefficient (Wildman–Crippen LogP) is 4.55. The second-order valence-corrected chi connectivity index (χ2v) is 9.81. The highest BCUT2D eigenvalue weighted by Crippen LogP contribution is 2.65. The first-order chi connectivity index (χ1) is 14.5. The molecule has 6 atom stereocenters. The van der Waals surface area contributed by atoms with Gasteiger partial charge >= 0.3 is 0 Å². The topological polar surface area (TPSA) is 66.5 Å². The van der Waals surface area contributed by atoms with Crippen LogP contribution in [0.3, 0.4) is 0 Å². The van der Waals surface area contributed by atoms with E-state index in [0.29, 0.717) is 47.0 Å². The number of carbonyl (C=O) groups excluding carboxylic acids is 3. The molecule has 6 rings (SSSR count). The zero-order valence-electron chi connectivity index (χ0n) is 16.5. The van der Waals surface area contributed by atoms with Crippen molar-refractivity contribution >= 4 is 46.6 Å². The lowest BCUT2D eigenvalue weighted by atomic mass is 9.63. The summed E-state index contributed by atoms with van der Waals surface area (Å²) in [5.41, 5.74) is 0.545. The number of unbranched alkanes of at least 4 members (excludes halogenated alkanes) is 2. The molecule has 1 aromatic rings. The third kappa shape index (κ3) is 3.36. The van der Waals surface area contributed by atoms with E-state index in [1.54, 1.807) is 18.2 Å². The Bertz CT molecular complexity index is 910. The Morgan fingerprint density at radius 1 is 1.00 bits per heavy atom. The molecule has 1 aliphatic heterocycles. The number of hydrogen-bond donors (Lipinski definition) is 1. The Labute approximate surface area is 185 Å². The van der Waals surface area contributed by atoms with Gasteiger partial charge in [-0.1, -0.05) is 41.8 Å². The summed E-state index contributed by atoms with van der Waals surface area (Å²) in [5, 5.41) is 3.71. The molecule has 1 saturated heterocycles. The molecule has 1 heterocycles. The summed E-state index contributed by atoms with van der Waals surface area (Å²) in [6, 6.07) is 4.94. The third-order valence-electron chi connectivity index (χ3n) is 7.24. The Hall–Kier alpha value is -1.85. The number of nitrogens with one attached hydrogen (secondary N) is 1. The number of nitrogens with zero attached hydrogens (tertiary/aromatic N) is 1. The summed E-state index contributed by atoms with van der Waals surface area (Å²) >= 11 is 11.9. The Balaban J connectivity index is 1.08. The summed E-state index contributed by atoms with van der Waals surface area (Å²) in [4.78, 5) is 39.5. The van der Waals surface area contributed by atoms with Crippen LogP contribution in [-0.4, -0.2) is 29.2 Å².